The number of likely N-dealkylation sites (N-methyl/N-ethyl adjacent to an activating group) is 1. The molecule has 0 saturated carbocycles. The summed E-state index contributed by atoms with van der Waals surface area (Å²) in [6.07, 6.45) is 5.69. The Balaban J connectivity index is 2.02. The summed E-state index contributed by atoms with van der Waals surface area (Å²) in [5.41, 5.74) is 7.10. The smallest absolute Gasteiger partial charge is 0.0947 e. The standard InChI is InChI=1S/C12H20N2O2/c1-14(7-11-3-6-15-8-11)12(9-13)4-2-5-16-10-12/h3,6,8H,2,4-5,7,9-10,13H2,1H3. The minimum Gasteiger partial charge on any atom is -0.472 e. The number of nitrogens with two attached hydrogens (primary N) is 1. The molecule has 16 heavy (non-hydrogen) atoms. The second kappa shape index (κ2) is 4.99. The molecule has 2 heterocycles. The molecular formula is C12H20N2O2. The van der Waals surface area contributed by atoms with Crippen LogP contribution in [-0.2, 0) is 11.3 Å². The van der Waals surface area contributed by atoms with Crippen molar-refractivity contribution < 1.29 is 9.15 Å². The summed E-state index contributed by atoms with van der Waals surface area (Å²) >= 11 is 0. The van der Waals surface area contributed by atoms with E-state index in [9.17, 15) is 0 Å². The van der Waals surface area contributed by atoms with E-state index >= 15 is 0 Å². The molecule has 1 aromatic rings. The van der Waals surface area contributed by atoms with Gasteiger partial charge in [-0.2, -0.15) is 0 Å². The average molecular weight is 224 g/mol. The molecule has 1 aliphatic rings. The monoisotopic (exact) mass is 224 g/mol. The number of hydrogen-bond acceptors (Lipinski definition) is 4. The van der Waals surface area contributed by atoms with Crippen molar-refractivity contribution >= 4 is 0 Å². The number of rotatable bonds is 4. The summed E-state index contributed by atoms with van der Waals surface area (Å²) in [5.74, 6) is 0. The van der Waals surface area contributed by atoms with Crippen LogP contribution in [0.15, 0.2) is 23.0 Å². The summed E-state index contributed by atoms with van der Waals surface area (Å²) in [4.78, 5) is 2.29. The van der Waals surface area contributed by atoms with E-state index in [2.05, 4.69) is 11.9 Å². The molecule has 4 nitrogen and oxygen atoms in total. The topological polar surface area (TPSA) is 51.6 Å². The van der Waals surface area contributed by atoms with Gasteiger partial charge < -0.3 is 14.9 Å². The van der Waals surface area contributed by atoms with Gasteiger partial charge in [0.05, 0.1) is 24.7 Å². The summed E-state index contributed by atoms with van der Waals surface area (Å²) in [7, 11) is 2.11. The van der Waals surface area contributed by atoms with Gasteiger partial charge in [0.2, 0.25) is 0 Å². The zero-order chi connectivity index (χ0) is 11.4. The first kappa shape index (κ1) is 11.6. The van der Waals surface area contributed by atoms with E-state index in [1.165, 1.54) is 5.56 Å². The Hall–Kier alpha value is -0.840. The molecule has 0 aliphatic carbocycles. The Morgan fingerprint density at radius 2 is 2.44 bits per heavy atom. The summed E-state index contributed by atoms with van der Waals surface area (Å²) in [6, 6.07) is 1.99. The summed E-state index contributed by atoms with van der Waals surface area (Å²) in [5, 5.41) is 0. The van der Waals surface area contributed by atoms with Gasteiger partial charge in [-0.1, -0.05) is 0 Å². The predicted octanol–water partition coefficient (Wildman–Crippen LogP) is 1.22. The number of furan rings is 1. The van der Waals surface area contributed by atoms with Crippen molar-refractivity contribution in [3.63, 3.8) is 0 Å². The maximum absolute atomic E-state index is 5.92. The molecule has 90 valence electrons. The molecule has 1 atom stereocenters. The third-order valence-corrected chi connectivity index (χ3v) is 3.49. The quantitative estimate of drug-likeness (QED) is 0.835. The van der Waals surface area contributed by atoms with Crippen LogP contribution >= 0.6 is 0 Å². The molecule has 2 N–H and O–H groups in total. The van der Waals surface area contributed by atoms with Gasteiger partial charge in [-0.3, -0.25) is 4.90 Å². The van der Waals surface area contributed by atoms with Crippen molar-refractivity contribution in [2.75, 3.05) is 26.8 Å². The van der Waals surface area contributed by atoms with Crippen LogP contribution in [0, 0.1) is 0 Å². The van der Waals surface area contributed by atoms with E-state index in [1.807, 2.05) is 6.07 Å². The zero-order valence-corrected chi connectivity index (χ0v) is 9.82. The maximum atomic E-state index is 5.92. The van der Waals surface area contributed by atoms with Crippen LogP contribution in [0.3, 0.4) is 0 Å². The van der Waals surface area contributed by atoms with Gasteiger partial charge in [0.1, 0.15) is 0 Å². The highest BCUT2D eigenvalue weighted by Gasteiger charge is 2.35. The van der Waals surface area contributed by atoms with Crippen LogP contribution in [0.5, 0.6) is 0 Å². The molecule has 2 rings (SSSR count). The van der Waals surface area contributed by atoms with E-state index in [1.54, 1.807) is 12.5 Å². The van der Waals surface area contributed by atoms with Gasteiger partial charge >= 0.3 is 0 Å². The van der Waals surface area contributed by atoms with Crippen molar-refractivity contribution in [2.45, 2.75) is 24.9 Å². The first-order chi connectivity index (χ1) is 7.77. The SMILES string of the molecule is CN(Cc1ccoc1)C1(CN)CCCOC1. The minimum atomic E-state index is -0.00444. The van der Waals surface area contributed by atoms with Crippen molar-refractivity contribution in [1.29, 1.82) is 0 Å². The molecule has 0 amide bonds. The van der Waals surface area contributed by atoms with Crippen molar-refractivity contribution in [3.8, 4) is 0 Å². The Bertz CT molecular complexity index is 305. The van der Waals surface area contributed by atoms with Crippen LogP contribution in [0.2, 0.25) is 0 Å². The lowest BCUT2D eigenvalue weighted by Gasteiger charge is -2.43. The third-order valence-electron chi connectivity index (χ3n) is 3.49. The molecule has 1 aliphatic heterocycles. The van der Waals surface area contributed by atoms with E-state index in [-0.39, 0.29) is 5.54 Å². The highest BCUT2D eigenvalue weighted by molar-refractivity contribution is 5.06. The highest BCUT2D eigenvalue weighted by Crippen LogP contribution is 2.25. The van der Waals surface area contributed by atoms with Gasteiger partial charge in [0.15, 0.2) is 0 Å². The van der Waals surface area contributed by atoms with Crippen LogP contribution in [0.4, 0.5) is 0 Å². The summed E-state index contributed by atoms with van der Waals surface area (Å²) in [6.45, 7) is 3.09. The fraction of sp³-hybridized carbons (Fsp3) is 0.667. The molecule has 0 spiro atoms. The van der Waals surface area contributed by atoms with Crippen LogP contribution in [0.25, 0.3) is 0 Å². The zero-order valence-electron chi connectivity index (χ0n) is 9.82. The molecular weight excluding hydrogens is 204 g/mol. The first-order valence-corrected chi connectivity index (χ1v) is 5.77. The summed E-state index contributed by atoms with van der Waals surface area (Å²) < 4.78 is 10.7. The lowest BCUT2D eigenvalue weighted by molar-refractivity contribution is -0.0375. The fourth-order valence-electron chi connectivity index (χ4n) is 2.28. The lowest BCUT2D eigenvalue weighted by Crippen LogP contribution is -2.56. The Labute approximate surface area is 96.4 Å². The highest BCUT2D eigenvalue weighted by atomic mass is 16.5. The third kappa shape index (κ3) is 2.29. The Morgan fingerprint density at radius 3 is 3.00 bits per heavy atom. The minimum absolute atomic E-state index is 0.00444. The van der Waals surface area contributed by atoms with Gasteiger partial charge in [0, 0.05) is 25.3 Å². The van der Waals surface area contributed by atoms with Gasteiger partial charge in [-0.25, -0.2) is 0 Å². The molecule has 4 heteroatoms. The number of hydrogen-bond donors (Lipinski definition) is 1. The van der Waals surface area contributed by atoms with Gasteiger partial charge in [0.25, 0.3) is 0 Å². The second-order valence-electron chi connectivity index (χ2n) is 4.57. The molecule has 1 saturated heterocycles. The van der Waals surface area contributed by atoms with Crippen LogP contribution in [0.1, 0.15) is 18.4 Å². The molecule has 0 bridgehead atoms. The number of nitrogens with zero attached hydrogens (tertiary/aromatic N) is 1. The average Bonchev–Trinajstić information content (AvgIpc) is 2.82. The van der Waals surface area contributed by atoms with Crippen LogP contribution in [-0.4, -0.2) is 37.2 Å². The van der Waals surface area contributed by atoms with E-state index in [4.69, 9.17) is 14.9 Å². The van der Waals surface area contributed by atoms with Gasteiger partial charge in [-0.05, 0) is 26.0 Å². The predicted molar refractivity (Wildman–Crippen MR) is 62.0 cm³/mol. The van der Waals surface area contributed by atoms with Crippen LogP contribution < -0.4 is 5.73 Å². The normalized spacial score (nSPS) is 26.2. The van der Waals surface area contributed by atoms with Crippen molar-refractivity contribution in [1.82, 2.24) is 4.90 Å². The second-order valence-corrected chi connectivity index (χ2v) is 4.57. The fourth-order valence-corrected chi connectivity index (χ4v) is 2.28. The Kier molecular flexibility index (Phi) is 3.63. The van der Waals surface area contributed by atoms with Gasteiger partial charge in [-0.15, -0.1) is 0 Å². The molecule has 0 aromatic carbocycles. The Morgan fingerprint density at radius 1 is 1.56 bits per heavy atom. The first-order valence-electron chi connectivity index (χ1n) is 5.77. The lowest BCUT2D eigenvalue weighted by atomic mass is 9.90. The van der Waals surface area contributed by atoms with E-state index in [0.29, 0.717) is 6.54 Å². The van der Waals surface area contributed by atoms with Crippen molar-refractivity contribution in [2.24, 2.45) is 5.73 Å². The molecule has 1 aromatic heterocycles. The maximum Gasteiger partial charge on any atom is 0.0947 e. The molecule has 0 radical (unpaired) electrons. The van der Waals surface area contributed by atoms with E-state index in [0.717, 1.165) is 32.6 Å². The molecule has 1 unspecified atom stereocenters. The number of ether oxygens (including phenoxy) is 1. The molecule has 1 fully saturated rings. The van der Waals surface area contributed by atoms with E-state index < -0.39 is 0 Å². The largest absolute Gasteiger partial charge is 0.472 e. The van der Waals surface area contributed by atoms with Crippen molar-refractivity contribution in [3.05, 3.63) is 24.2 Å².